The normalized spacial score (nSPS) is 15.8. The predicted molar refractivity (Wildman–Crippen MR) is 69.3 cm³/mol. The minimum absolute atomic E-state index is 0.408. The summed E-state index contributed by atoms with van der Waals surface area (Å²) in [7, 11) is 0. The Morgan fingerprint density at radius 3 is 2.12 bits per heavy atom. The van der Waals surface area contributed by atoms with Crippen molar-refractivity contribution >= 4 is 6.09 Å². The summed E-state index contributed by atoms with van der Waals surface area (Å²) in [5.74, 6) is 0. The molecule has 3 heteroatoms. The zero-order chi connectivity index (χ0) is 13.1. The molecule has 3 nitrogen and oxygen atoms in total. The first-order chi connectivity index (χ1) is 7.89. The van der Waals surface area contributed by atoms with Crippen LogP contribution in [0.3, 0.4) is 0 Å². The fourth-order valence-corrected chi connectivity index (χ4v) is 1.50. The second-order valence-corrected chi connectivity index (χ2v) is 4.72. The van der Waals surface area contributed by atoms with Gasteiger partial charge in [-0.15, -0.1) is 0 Å². The van der Waals surface area contributed by atoms with Crippen molar-refractivity contribution in [2.24, 2.45) is 0 Å². The molecule has 0 radical (unpaired) electrons. The molecule has 0 aromatic carbocycles. The summed E-state index contributed by atoms with van der Waals surface area (Å²) >= 11 is 0. The van der Waals surface area contributed by atoms with Crippen LogP contribution in [0.25, 0.3) is 0 Å². The largest absolute Gasteiger partial charge is 0.443 e. The fourth-order valence-electron chi connectivity index (χ4n) is 1.50. The monoisotopic (exact) mass is 233 g/mol. The predicted octanol–water partition coefficient (Wildman–Crippen LogP) is 3.77. The van der Waals surface area contributed by atoms with Gasteiger partial charge < -0.3 is 4.74 Å². The van der Waals surface area contributed by atoms with Gasteiger partial charge in [-0.2, -0.15) is 0 Å². The molecular formula is C14H19NO2. The third kappa shape index (κ3) is 3.34. The highest BCUT2D eigenvalue weighted by atomic mass is 16.6. The third-order valence-corrected chi connectivity index (χ3v) is 2.16. The molecular weight excluding hydrogens is 214 g/mol. The van der Waals surface area contributed by atoms with E-state index in [1.807, 2.05) is 32.9 Å². The quantitative estimate of drug-likeness (QED) is 0.726. The molecule has 0 atom stereocenters. The Balaban J connectivity index is 2.97. The van der Waals surface area contributed by atoms with Gasteiger partial charge in [0.15, 0.2) is 0 Å². The van der Waals surface area contributed by atoms with Crippen LogP contribution in [-0.2, 0) is 4.74 Å². The first kappa shape index (κ1) is 13.3. The van der Waals surface area contributed by atoms with Crippen molar-refractivity contribution in [3.8, 4) is 0 Å². The highest BCUT2D eigenvalue weighted by Gasteiger charge is 2.26. The lowest BCUT2D eigenvalue weighted by molar-refractivity contribution is 0.0373. The van der Waals surface area contributed by atoms with E-state index >= 15 is 0 Å². The number of allylic oxidation sites excluding steroid dienone is 4. The standard InChI is InChI=1S/C14H19NO2/c1-6-11-9-8-10-12(7-2)15(11)13(16)17-14(3,4)5/h6-7,9-10H,1-2,8H2,3-5H3. The van der Waals surface area contributed by atoms with E-state index in [-0.39, 0.29) is 0 Å². The van der Waals surface area contributed by atoms with Gasteiger partial charge in [-0.1, -0.05) is 25.3 Å². The zero-order valence-electron chi connectivity index (χ0n) is 10.7. The van der Waals surface area contributed by atoms with Crippen molar-refractivity contribution in [3.05, 3.63) is 48.9 Å². The molecule has 0 aromatic heterocycles. The molecule has 0 aliphatic carbocycles. The van der Waals surface area contributed by atoms with Crippen LogP contribution >= 0.6 is 0 Å². The molecule has 0 spiro atoms. The lowest BCUT2D eigenvalue weighted by Gasteiger charge is -2.30. The van der Waals surface area contributed by atoms with E-state index in [1.165, 1.54) is 4.90 Å². The average Bonchev–Trinajstić information content (AvgIpc) is 2.25. The van der Waals surface area contributed by atoms with Crippen LogP contribution in [0.5, 0.6) is 0 Å². The second-order valence-electron chi connectivity index (χ2n) is 4.72. The van der Waals surface area contributed by atoms with Gasteiger partial charge in [0.05, 0.1) is 0 Å². The Bertz CT molecular complexity index is 373. The molecule has 0 saturated carbocycles. The van der Waals surface area contributed by atoms with Crippen LogP contribution in [0.1, 0.15) is 27.2 Å². The lowest BCUT2D eigenvalue weighted by Crippen LogP contribution is -2.35. The first-order valence-corrected chi connectivity index (χ1v) is 5.57. The van der Waals surface area contributed by atoms with E-state index in [9.17, 15) is 4.79 Å². The molecule has 92 valence electrons. The summed E-state index contributed by atoms with van der Waals surface area (Å²) in [6.07, 6.45) is 7.48. The average molecular weight is 233 g/mol. The number of hydrogen-bond acceptors (Lipinski definition) is 2. The van der Waals surface area contributed by atoms with Crippen LogP contribution in [-0.4, -0.2) is 16.6 Å². The Hall–Kier alpha value is -1.77. The number of hydrogen-bond donors (Lipinski definition) is 0. The van der Waals surface area contributed by atoms with Gasteiger partial charge in [0.2, 0.25) is 0 Å². The molecule has 0 unspecified atom stereocenters. The molecule has 0 fully saturated rings. The highest BCUT2D eigenvalue weighted by molar-refractivity contribution is 5.75. The maximum atomic E-state index is 12.1. The van der Waals surface area contributed by atoms with E-state index in [2.05, 4.69) is 13.2 Å². The Morgan fingerprint density at radius 1 is 1.29 bits per heavy atom. The van der Waals surface area contributed by atoms with Gasteiger partial charge in [0, 0.05) is 11.4 Å². The second kappa shape index (κ2) is 5.04. The maximum Gasteiger partial charge on any atom is 0.419 e. The summed E-state index contributed by atoms with van der Waals surface area (Å²) in [6, 6.07) is 0. The molecule has 0 aromatic rings. The fraction of sp³-hybridized carbons (Fsp3) is 0.357. The third-order valence-electron chi connectivity index (χ3n) is 2.16. The Morgan fingerprint density at radius 2 is 1.76 bits per heavy atom. The summed E-state index contributed by atoms with van der Waals surface area (Å²) in [5.41, 5.74) is 0.945. The maximum absolute atomic E-state index is 12.1. The molecule has 17 heavy (non-hydrogen) atoms. The van der Waals surface area contributed by atoms with Crippen LogP contribution in [0.15, 0.2) is 48.9 Å². The molecule has 0 saturated heterocycles. The zero-order valence-corrected chi connectivity index (χ0v) is 10.7. The van der Waals surface area contributed by atoms with Gasteiger partial charge in [-0.3, -0.25) is 0 Å². The molecule has 1 amide bonds. The van der Waals surface area contributed by atoms with E-state index in [0.29, 0.717) is 0 Å². The number of amides is 1. The van der Waals surface area contributed by atoms with Gasteiger partial charge >= 0.3 is 6.09 Å². The smallest absolute Gasteiger partial charge is 0.419 e. The highest BCUT2D eigenvalue weighted by Crippen LogP contribution is 2.24. The van der Waals surface area contributed by atoms with E-state index in [1.54, 1.807) is 12.2 Å². The van der Waals surface area contributed by atoms with Crippen molar-refractivity contribution < 1.29 is 9.53 Å². The van der Waals surface area contributed by atoms with Crippen molar-refractivity contribution in [1.29, 1.82) is 0 Å². The van der Waals surface area contributed by atoms with Crippen molar-refractivity contribution in [1.82, 2.24) is 4.90 Å². The van der Waals surface area contributed by atoms with Gasteiger partial charge in [0.25, 0.3) is 0 Å². The summed E-state index contributed by atoms with van der Waals surface area (Å²) in [6.45, 7) is 12.9. The van der Waals surface area contributed by atoms with Crippen molar-refractivity contribution in [2.45, 2.75) is 32.8 Å². The van der Waals surface area contributed by atoms with Crippen LogP contribution in [0.2, 0.25) is 0 Å². The minimum atomic E-state index is -0.521. The summed E-state index contributed by atoms with van der Waals surface area (Å²) in [5, 5.41) is 0. The molecule has 1 heterocycles. The lowest BCUT2D eigenvalue weighted by atomic mass is 10.1. The van der Waals surface area contributed by atoms with E-state index in [4.69, 9.17) is 4.74 Å². The molecule has 1 rings (SSSR count). The SMILES string of the molecule is C=CC1=CCC=C(C=C)N1C(=O)OC(C)(C)C. The summed E-state index contributed by atoms with van der Waals surface area (Å²) in [4.78, 5) is 13.6. The number of ether oxygens (including phenoxy) is 1. The Kier molecular flexibility index (Phi) is 3.94. The first-order valence-electron chi connectivity index (χ1n) is 5.57. The van der Waals surface area contributed by atoms with Crippen LogP contribution in [0, 0.1) is 0 Å². The van der Waals surface area contributed by atoms with E-state index < -0.39 is 11.7 Å². The van der Waals surface area contributed by atoms with Gasteiger partial charge in [-0.05, 0) is 39.3 Å². The number of rotatable bonds is 2. The van der Waals surface area contributed by atoms with Crippen LogP contribution in [0.4, 0.5) is 4.79 Å². The van der Waals surface area contributed by atoms with Crippen molar-refractivity contribution in [2.75, 3.05) is 0 Å². The molecule has 1 aliphatic rings. The number of carbonyl (C=O) groups excluding carboxylic acids is 1. The minimum Gasteiger partial charge on any atom is -0.443 e. The van der Waals surface area contributed by atoms with Crippen molar-refractivity contribution in [3.63, 3.8) is 0 Å². The summed E-state index contributed by atoms with van der Waals surface area (Å²) < 4.78 is 5.35. The molecule has 0 bridgehead atoms. The molecule has 1 aliphatic heterocycles. The number of carbonyl (C=O) groups is 1. The van der Waals surface area contributed by atoms with Gasteiger partial charge in [-0.25, -0.2) is 9.69 Å². The number of nitrogens with zero attached hydrogens (tertiary/aromatic N) is 1. The topological polar surface area (TPSA) is 29.5 Å². The van der Waals surface area contributed by atoms with E-state index in [0.717, 1.165) is 17.8 Å². The molecule has 0 N–H and O–H groups in total. The van der Waals surface area contributed by atoms with Gasteiger partial charge in [0.1, 0.15) is 5.60 Å². The van der Waals surface area contributed by atoms with Crippen LogP contribution < -0.4 is 0 Å². The Labute approximate surface area is 103 Å².